The minimum Gasteiger partial charge on any atom is -0.393 e. The minimum absolute atomic E-state index is 0.281. The maximum Gasteiger partial charge on any atom is 0.0801 e. The highest BCUT2D eigenvalue weighted by atomic mass is 16.3. The van der Waals surface area contributed by atoms with E-state index in [0.717, 1.165) is 12.0 Å². The van der Waals surface area contributed by atoms with Crippen LogP contribution in [0.2, 0.25) is 0 Å². The average Bonchev–Trinajstić information content (AvgIpc) is 1.92. The summed E-state index contributed by atoms with van der Waals surface area (Å²) in [5.41, 5.74) is 0.203. The van der Waals surface area contributed by atoms with Gasteiger partial charge in [-0.15, -0.1) is 0 Å². The van der Waals surface area contributed by atoms with Gasteiger partial charge in [0.2, 0.25) is 0 Å². The van der Waals surface area contributed by atoms with Gasteiger partial charge in [-0.3, -0.25) is 0 Å². The number of hydrogen-bond donors (Lipinski definition) is 2. The normalized spacial score (nSPS) is 31.6. The molecule has 0 saturated carbocycles. The van der Waals surface area contributed by atoms with Crippen molar-refractivity contribution in [2.75, 3.05) is 0 Å². The molecule has 0 aromatic carbocycles. The van der Waals surface area contributed by atoms with Gasteiger partial charge < -0.3 is 10.2 Å². The molecule has 12 heavy (non-hydrogen) atoms. The third kappa shape index (κ3) is 2.08. The second-order valence-corrected chi connectivity index (χ2v) is 4.27. The Morgan fingerprint density at radius 2 is 2.08 bits per heavy atom. The van der Waals surface area contributed by atoms with Gasteiger partial charge in [-0.25, -0.2) is 0 Å². The van der Waals surface area contributed by atoms with E-state index in [2.05, 4.69) is 6.08 Å². The van der Waals surface area contributed by atoms with Gasteiger partial charge in [0.15, 0.2) is 0 Å². The number of aliphatic hydroxyl groups is 2. The lowest BCUT2D eigenvalue weighted by molar-refractivity contribution is 0.0709. The monoisotopic (exact) mass is 170 g/mol. The molecule has 70 valence electrons. The summed E-state index contributed by atoms with van der Waals surface area (Å²) in [7, 11) is 0. The SMILES string of the molecule is C[C@@H]1CC=C(C(C)(C)O)C[C@H]1O. The molecule has 2 heteroatoms. The van der Waals surface area contributed by atoms with E-state index in [1.165, 1.54) is 0 Å². The molecule has 0 amide bonds. The smallest absolute Gasteiger partial charge is 0.0801 e. The molecule has 2 atom stereocenters. The van der Waals surface area contributed by atoms with Crippen LogP contribution in [0.25, 0.3) is 0 Å². The van der Waals surface area contributed by atoms with Crippen molar-refractivity contribution in [1.29, 1.82) is 0 Å². The molecule has 0 aromatic rings. The van der Waals surface area contributed by atoms with Gasteiger partial charge >= 0.3 is 0 Å². The van der Waals surface area contributed by atoms with Crippen LogP contribution in [0.1, 0.15) is 33.6 Å². The quantitative estimate of drug-likeness (QED) is 0.585. The Morgan fingerprint density at radius 1 is 1.50 bits per heavy atom. The topological polar surface area (TPSA) is 40.5 Å². The molecule has 0 saturated heterocycles. The van der Waals surface area contributed by atoms with Crippen LogP contribution in [0, 0.1) is 5.92 Å². The van der Waals surface area contributed by atoms with Crippen LogP contribution in [0.4, 0.5) is 0 Å². The second kappa shape index (κ2) is 3.19. The number of allylic oxidation sites excluding steroid dienone is 1. The highest BCUT2D eigenvalue weighted by Gasteiger charge is 2.27. The molecular formula is C10H18O2. The average molecular weight is 170 g/mol. The van der Waals surface area contributed by atoms with E-state index in [9.17, 15) is 10.2 Å². The largest absolute Gasteiger partial charge is 0.393 e. The zero-order chi connectivity index (χ0) is 9.35. The first-order valence-corrected chi connectivity index (χ1v) is 4.51. The Hall–Kier alpha value is -0.340. The lowest BCUT2D eigenvalue weighted by atomic mass is 9.82. The molecule has 1 aliphatic rings. The van der Waals surface area contributed by atoms with Gasteiger partial charge in [0.05, 0.1) is 11.7 Å². The van der Waals surface area contributed by atoms with Crippen LogP contribution in [-0.2, 0) is 0 Å². The van der Waals surface area contributed by atoms with Gasteiger partial charge in [-0.1, -0.05) is 13.0 Å². The van der Waals surface area contributed by atoms with Crippen molar-refractivity contribution >= 4 is 0 Å². The molecule has 0 spiro atoms. The molecule has 0 radical (unpaired) electrons. The molecule has 0 aromatic heterocycles. The first kappa shape index (κ1) is 9.75. The Kier molecular flexibility index (Phi) is 2.59. The highest BCUT2D eigenvalue weighted by Crippen LogP contribution is 2.29. The standard InChI is InChI=1S/C10H18O2/c1-7-4-5-8(6-9(7)11)10(2,3)12/h5,7,9,11-12H,4,6H2,1-3H3/t7-,9-/m1/s1. The van der Waals surface area contributed by atoms with E-state index in [-0.39, 0.29) is 6.10 Å². The summed E-state index contributed by atoms with van der Waals surface area (Å²) in [5.74, 6) is 0.330. The summed E-state index contributed by atoms with van der Waals surface area (Å²) in [6.07, 6.45) is 3.26. The van der Waals surface area contributed by atoms with Gasteiger partial charge in [0, 0.05) is 0 Å². The third-order valence-electron chi connectivity index (χ3n) is 2.61. The zero-order valence-corrected chi connectivity index (χ0v) is 8.04. The highest BCUT2D eigenvalue weighted by molar-refractivity contribution is 5.17. The van der Waals surface area contributed by atoms with E-state index >= 15 is 0 Å². The van der Waals surface area contributed by atoms with Crippen LogP contribution < -0.4 is 0 Å². The molecule has 0 fully saturated rings. The van der Waals surface area contributed by atoms with Crippen molar-refractivity contribution in [3.8, 4) is 0 Å². The molecule has 1 rings (SSSR count). The molecule has 1 aliphatic carbocycles. The van der Waals surface area contributed by atoms with Crippen molar-refractivity contribution in [3.05, 3.63) is 11.6 Å². The summed E-state index contributed by atoms with van der Waals surface area (Å²) < 4.78 is 0. The fourth-order valence-electron chi connectivity index (χ4n) is 1.49. The van der Waals surface area contributed by atoms with Crippen molar-refractivity contribution in [2.24, 2.45) is 5.92 Å². The van der Waals surface area contributed by atoms with Gasteiger partial charge in [-0.05, 0) is 38.2 Å². The van der Waals surface area contributed by atoms with Crippen LogP contribution in [0.15, 0.2) is 11.6 Å². The molecule has 2 N–H and O–H groups in total. The van der Waals surface area contributed by atoms with Crippen LogP contribution in [0.5, 0.6) is 0 Å². The third-order valence-corrected chi connectivity index (χ3v) is 2.61. The van der Waals surface area contributed by atoms with Gasteiger partial charge in [0.1, 0.15) is 0 Å². The summed E-state index contributed by atoms with van der Waals surface area (Å²) in [4.78, 5) is 0. The Bertz CT molecular complexity index is 189. The fraction of sp³-hybridized carbons (Fsp3) is 0.800. The number of rotatable bonds is 1. The van der Waals surface area contributed by atoms with E-state index in [1.807, 2.05) is 6.92 Å². The van der Waals surface area contributed by atoms with Crippen molar-refractivity contribution < 1.29 is 10.2 Å². The molecule has 2 nitrogen and oxygen atoms in total. The lowest BCUT2D eigenvalue weighted by Crippen LogP contribution is -2.30. The van der Waals surface area contributed by atoms with E-state index in [0.29, 0.717) is 12.3 Å². The first-order valence-electron chi connectivity index (χ1n) is 4.51. The summed E-state index contributed by atoms with van der Waals surface area (Å²) in [6.45, 7) is 5.56. The van der Waals surface area contributed by atoms with Crippen molar-refractivity contribution in [3.63, 3.8) is 0 Å². The molecule has 0 aliphatic heterocycles. The van der Waals surface area contributed by atoms with Crippen LogP contribution in [0.3, 0.4) is 0 Å². The Labute approximate surface area is 73.9 Å². The van der Waals surface area contributed by atoms with Gasteiger partial charge in [0.25, 0.3) is 0 Å². The predicted octanol–water partition coefficient (Wildman–Crippen LogP) is 1.47. The molecule has 0 bridgehead atoms. The summed E-state index contributed by atoms with van der Waals surface area (Å²) in [5, 5.41) is 19.2. The van der Waals surface area contributed by atoms with E-state index in [1.54, 1.807) is 13.8 Å². The maximum atomic E-state index is 9.67. The molecule has 0 unspecified atom stereocenters. The zero-order valence-electron chi connectivity index (χ0n) is 8.04. The van der Waals surface area contributed by atoms with Crippen LogP contribution >= 0.6 is 0 Å². The van der Waals surface area contributed by atoms with Crippen molar-refractivity contribution in [1.82, 2.24) is 0 Å². The Balaban J connectivity index is 2.71. The maximum absolute atomic E-state index is 9.67. The van der Waals surface area contributed by atoms with Gasteiger partial charge in [-0.2, -0.15) is 0 Å². The van der Waals surface area contributed by atoms with E-state index < -0.39 is 5.60 Å². The molecule has 0 heterocycles. The van der Waals surface area contributed by atoms with E-state index in [4.69, 9.17) is 0 Å². The second-order valence-electron chi connectivity index (χ2n) is 4.27. The number of hydrogen-bond acceptors (Lipinski definition) is 2. The van der Waals surface area contributed by atoms with Crippen LogP contribution in [-0.4, -0.2) is 21.9 Å². The summed E-state index contributed by atoms with van der Waals surface area (Å²) >= 11 is 0. The lowest BCUT2D eigenvalue weighted by Gasteiger charge is -2.30. The van der Waals surface area contributed by atoms with Crippen molar-refractivity contribution in [2.45, 2.75) is 45.3 Å². The Morgan fingerprint density at radius 3 is 2.50 bits per heavy atom. The fourth-order valence-corrected chi connectivity index (χ4v) is 1.49. The predicted molar refractivity (Wildman–Crippen MR) is 48.8 cm³/mol. The summed E-state index contributed by atoms with van der Waals surface area (Å²) in [6, 6.07) is 0. The minimum atomic E-state index is -0.763. The molecular weight excluding hydrogens is 152 g/mol. The first-order chi connectivity index (χ1) is 5.41. The number of aliphatic hydroxyl groups excluding tert-OH is 1.